The first-order valence-corrected chi connectivity index (χ1v) is 24.5. The lowest BCUT2D eigenvalue weighted by Crippen LogP contribution is -2.64. The second kappa shape index (κ2) is 38.1. The van der Waals surface area contributed by atoms with Crippen molar-refractivity contribution in [2.75, 3.05) is 13.2 Å². The lowest BCUT2D eigenvalue weighted by atomic mass is 9.85. The maximum Gasteiger partial charge on any atom is 0.472 e. The molecule has 1 aliphatic carbocycles. The fourth-order valence-corrected chi connectivity index (χ4v) is 7.22. The summed E-state index contributed by atoms with van der Waals surface area (Å²) in [5.74, 6) is -1.27. The molecule has 0 spiro atoms. The lowest BCUT2D eigenvalue weighted by molar-refractivity contribution is -0.220. The minimum absolute atomic E-state index is 0.127. The normalized spacial score (nSPS) is 22.6. The van der Waals surface area contributed by atoms with Crippen LogP contribution in [0.2, 0.25) is 0 Å². The largest absolute Gasteiger partial charge is 0.472 e. The summed E-state index contributed by atoms with van der Waals surface area (Å²) in [5, 5.41) is 50.1. The Balaban J connectivity index is 2.52. The Morgan fingerprint density at radius 1 is 0.524 bits per heavy atom. The summed E-state index contributed by atoms with van der Waals surface area (Å²) in [7, 11) is -5.15. The molecule has 0 aromatic carbocycles. The minimum atomic E-state index is -5.15. The molecule has 14 heteroatoms. The van der Waals surface area contributed by atoms with Gasteiger partial charge >= 0.3 is 19.8 Å². The predicted molar refractivity (Wildman–Crippen MR) is 248 cm³/mol. The maximum absolute atomic E-state index is 12.8. The van der Waals surface area contributed by atoms with Crippen molar-refractivity contribution in [1.82, 2.24) is 0 Å². The Hall–Kier alpha value is -3.23. The molecule has 6 atom stereocenters. The summed E-state index contributed by atoms with van der Waals surface area (Å²) in [5.41, 5.74) is 0. The highest BCUT2D eigenvalue weighted by atomic mass is 31.2. The van der Waals surface area contributed by atoms with E-state index in [1.807, 2.05) is 12.2 Å². The van der Waals surface area contributed by atoms with Crippen molar-refractivity contribution in [3.05, 3.63) is 97.2 Å². The summed E-state index contributed by atoms with van der Waals surface area (Å²) in [6.07, 6.45) is 37.7. The van der Waals surface area contributed by atoms with Crippen LogP contribution in [-0.4, -0.2) is 98.3 Å². The Labute approximate surface area is 377 Å². The first kappa shape index (κ1) is 57.8. The van der Waals surface area contributed by atoms with Gasteiger partial charge < -0.3 is 39.9 Å². The number of carbonyl (C=O) groups is 2. The van der Waals surface area contributed by atoms with E-state index in [0.29, 0.717) is 12.8 Å². The van der Waals surface area contributed by atoms with Crippen LogP contribution in [0, 0.1) is 0 Å². The quantitative estimate of drug-likeness (QED) is 0.0150. The fraction of sp³-hybridized carbons (Fsp3) is 0.633. The van der Waals surface area contributed by atoms with E-state index in [0.717, 1.165) is 83.5 Å². The van der Waals surface area contributed by atoms with Gasteiger partial charge in [0.2, 0.25) is 0 Å². The highest BCUT2D eigenvalue weighted by Gasteiger charge is 2.51. The smallest absolute Gasteiger partial charge is 0.462 e. The van der Waals surface area contributed by atoms with Gasteiger partial charge in [0.25, 0.3) is 0 Å². The number of hydrogen-bond donors (Lipinski definition) is 6. The highest BCUT2D eigenvalue weighted by molar-refractivity contribution is 7.47. The molecule has 6 unspecified atom stereocenters. The fourth-order valence-electron chi connectivity index (χ4n) is 6.25. The third-order valence-electron chi connectivity index (χ3n) is 9.94. The molecule has 0 radical (unpaired) electrons. The van der Waals surface area contributed by atoms with Crippen molar-refractivity contribution < 1.29 is 63.1 Å². The van der Waals surface area contributed by atoms with Crippen LogP contribution in [0.15, 0.2) is 97.2 Å². The first-order chi connectivity index (χ1) is 30.4. The second-order valence-electron chi connectivity index (χ2n) is 15.5. The topological polar surface area (TPSA) is 210 Å². The molecule has 1 fully saturated rings. The molecule has 6 N–H and O–H groups in total. The highest BCUT2D eigenvalue weighted by Crippen LogP contribution is 2.47. The predicted octanol–water partition coefficient (Wildman–Crippen LogP) is 9.05. The van der Waals surface area contributed by atoms with Gasteiger partial charge in [-0.15, -0.1) is 0 Å². The zero-order valence-corrected chi connectivity index (χ0v) is 38.7. The number of ether oxygens (including phenoxy) is 2. The van der Waals surface area contributed by atoms with Crippen molar-refractivity contribution >= 4 is 19.8 Å². The van der Waals surface area contributed by atoms with Gasteiger partial charge in [-0.2, -0.15) is 0 Å². The molecular formula is C49H79O13P. The molecule has 0 aromatic heterocycles. The third-order valence-corrected chi connectivity index (χ3v) is 10.9. The van der Waals surface area contributed by atoms with E-state index in [-0.39, 0.29) is 12.8 Å². The number of unbranched alkanes of at least 4 members (excludes halogenated alkanes) is 9. The zero-order valence-electron chi connectivity index (χ0n) is 37.8. The molecule has 0 aliphatic heterocycles. The Kier molecular flexibility index (Phi) is 34.9. The molecule has 1 saturated carbocycles. The monoisotopic (exact) mass is 907 g/mol. The van der Waals surface area contributed by atoms with Gasteiger partial charge in [-0.05, 0) is 77.0 Å². The van der Waals surface area contributed by atoms with E-state index in [2.05, 4.69) is 86.8 Å². The van der Waals surface area contributed by atoms with Gasteiger partial charge in [0.05, 0.1) is 13.0 Å². The molecule has 1 rings (SSSR count). The van der Waals surface area contributed by atoms with Gasteiger partial charge in [0.15, 0.2) is 6.10 Å². The van der Waals surface area contributed by atoms with Crippen molar-refractivity contribution in [3.63, 3.8) is 0 Å². The van der Waals surface area contributed by atoms with Crippen LogP contribution in [0.5, 0.6) is 0 Å². The molecule has 0 heterocycles. The Bertz CT molecular complexity index is 1470. The number of rotatable bonds is 36. The van der Waals surface area contributed by atoms with Crippen LogP contribution in [0.25, 0.3) is 0 Å². The molecule has 0 saturated heterocycles. The Morgan fingerprint density at radius 3 is 1.46 bits per heavy atom. The number of carbonyl (C=O) groups excluding carboxylic acids is 2. The number of aliphatic hydroxyl groups excluding tert-OH is 5. The molecule has 63 heavy (non-hydrogen) atoms. The van der Waals surface area contributed by atoms with E-state index >= 15 is 0 Å². The molecule has 13 nitrogen and oxygen atoms in total. The summed E-state index contributed by atoms with van der Waals surface area (Å²) < 4.78 is 33.4. The average Bonchev–Trinajstić information content (AvgIpc) is 3.26. The van der Waals surface area contributed by atoms with Crippen molar-refractivity contribution in [1.29, 1.82) is 0 Å². The minimum Gasteiger partial charge on any atom is -0.462 e. The summed E-state index contributed by atoms with van der Waals surface area (Å²) >= 11 is 0. The van der Waals surface area contributed by atoms with E-state index in [1.165, 1.54) is 19.3 Å². The van der Waals surface area contributed by atoms with Crippen LogP contribution >= 0.6 is 7.82 Å². The van der Waals surface area contributed by atoms with Gasteiger partial charge in [0.1, 0.15) is 43.2 Å². The molecule has 0 bridgehead atoms. The summed E-state index contributed by atoms with van der Waals surface area (Å²) in [4.78, 5) is 35.6. The van der Waals surface area contributed by atoms with E-state index in [4.69, 9.17) is 18.5 Å². The van der Waals surface area contributed by atoms with Crippen LogP contribution in [0.3, 0.4) is 0 Å². The number of esters is 2. The number of hydrogen-bond acceptors (Lipinski definition) is 12. The molecule has 0 aromatic rings. The Morgan fingerprint density at radius 2 is 0.952 bits per heavy atom. The van der Waals surface area contributed by atoms with Crippen LogP contribution in [0.4, 0.5) is 0 Å². The summed E-state index contributed by atoms with van der Waals surface area (Å²) in [6.45, 7) is 3.04. The zero-order chi connectivity index (χ0) is 46.4. The number of phosphoric ester groups is 1. The van der Waals surface area contributed by atoms with E-state index in [9.17, 15) is 44.6 Å². The number of phosphoric acid groups is 1. The van der Waals surface area contributed by atoms with E-state index in [1.54, 1.807) is 12.2 Å². The van der Waals surface area contributed by atoms with Gasteiger partial charge in [-0.1, -0.05) is 150 Å². The molecule has 358 valence electrons. The van der Waals surface area contributed by atoms with Crippen molar-refractivity contribution in [2.45, 2.75) is 185 Å². The van der Waals surface area contributed by atoms with Crippen LogP contribution in [-0.2, 0) is 32.7 Å². The van der Waals surface area contributed by atoms with Crippen molar-refractivity contribution in [3.8, 4) is 0 Å². The lowest BCUT2D eigenvalue weighted by Gasteiger charge is -2.41. The molecular weight excluding hydrogens is 828 g/mol. The van der Waals surface area contributed by atoms with Gasteiger partial charge in [-0.3, -0.25) is 18.6 Å². The van der Waals surface area contributed by atoms with Gasteiger partial charge in [0, 0.05) is 6.42 Å². The van der Waals surface area contributed by atoms with Crippen LogP contribution < -0.4 is 0 Å². The average molecular weight is 907 g/mol. The van der Waals surface area contributed by atoms with Gasteiger partial charge in [-0.25, -0.2) is 4.57 Å². The SMILES string of the molecule is CC/C=C\C/C=C\C/C=C\C/C=C\C/C=C\CC(=O)OC(COC(=O)CCCCCCCC/C=C\C/C=C\C/C=C\CCCCC)COP(=O)(O)OC1C(O)C(O)C(O)C(O)C1O. The van der Waals surface area contributed by atoms with Crippen molar-refractivity contribution in [2.24, 2.45) is 0 Å². The third kappa shape index (κ3) is 30.5. The number of aliphatic hydroxyl groups is 5. The van der Waals surface area contributed by atoms with E-state index < -0.39 is 75.7 Å². The maximum atomic E-state index is 12.8. The standard InChI is InChI=1S/C49H79O13P/c1-3-5-7-9-11-13-15-17-19-20-21-22-24-25-27-29-31-33-35-37-42(50)59-39-41(40-60-63(57,58)62-49-47(55)45(53)44(52)46(54)48(49)56)61-43(51)38-36-34-32-30-28-26-23-18-16-14-12-10-8-6-4-2/h6,8,11-14,17-19,21-23,28,30,34,36,41,44-49,52-56H,3-5,7,9-10,15-16,20,24-27,29,31-33,35,37-40H2,1-2H3,(H,57,58)/b8-6-,13-11-,14-12-,19-17-,22-21-,23-18-,30-28-,36-34-. The molecule has 1 aliphatic rings. The molecule has 0 amide bonds. The second-order valence-corrected chi connectivity index (χ2v) is 16.9. The first-order valence-electron chi connectivity index (χ1n) is 23.0. The number of allylic oxidation sites excluding steroid dienone is 15. The summed E-state index contributed by atoms with van der Waals surface area (Å²) in [6, 6.07) is 0. The van der Waals surface area contributed by atoms with Crippen LogP contribution in [0.1, 0.15) is 142 Å².